The molecule has 0 aliphatic heterocycles. The van der Waals surface area contributed by atoms with E-state index in [0.29, 0.717) is 5.84 Å². The molecule has 2 rings (SSSR count). The molecule has 18 heavy (non-hydrogen) atoms. The van der Waals surface area contributed by atoms with E-state index in [-0.39, 0.29) is 5.54 Å². The number of nitrogens with two attached hydrogens (primary N) is 1. The average molecular weight is 242 g/mol. The van der Waals surface area contributed by atoms with Crippen LogP contribution in [0.5, 0.6) is 0 Å². The molecule has 1 aromatic heterocycles. The van der Waals surface area contributed by atoms with Crippen molar-refractivity contribution in [3.05, 3.63) is 42.1 Å². The van der Waals surface area contributed by atoms with E-state index in [1.165, 1.54) is 0 Å². The Hall–Kier alpha value is -1.94. The van der Waals surface area contributed by atoms with Gasteiger partial charge in [0.1, 0.15) is 5.84 Å². The zero-order valence-electron chi connectivity index (χ0n) is 10.9. The summed E-state index contributed by atoms with van der Waals surface area (Å²) in [5.41, 5.74) is 4.43. The van der Waals surface area contributed by atoms with Crippen LogP contribution in [0.1, 0.15) is 26.3 Å². The summed E-state index contributed by atoms with van der Waals surface area (Å²) in [7, 11) is 0. The number of fused-ring (bicyclic) bond motifs is 1. The van der Waals surface area contributed by atoms with Crippen LogP contribution in [0.25, 0.3) is 10.9 Å². The maximum Gasteiger partial charge on any atom is 0.143 e. The molecule has 4 heteroatoms. The minimum atomic E-state index is -0.175. The third-order valence-corrected chi connectivity index (χ3v) is 2.46. The molecule has 0 aliphatic carbocycles. The first kappa shape index (κ1) is 12.5. The van der Waals surface area contributed by atoms with Gasteiger partial charge in [-0.1, -0.05) is 6.07 Å². The zero-order valence-corrected chi connectivity index (χ0v) is 10.9. The second-order valence-corrected chi connectivity index (χ2v) is 5.19. The highest BCUT2D eigenvalue weighted by Crippen LogP contribution is 2.15. The van der Waals surface area contributed by atoms with Gasteiger partial charge in [0.05, 0.1) is 11.1 Å². The fraction of sp³-hybridized carbons (Fsp3) is 0.286. The van der Waals surface area contributed by atoms with Gasteiger partial charge in [-0.2, -0.15) is 0 Å². The first-order chi connectivity index (χ1) is 8.49. The van der Waals surface area contributed by atoms with Crippen molar-refractivity contribution in [3.8, 4) is 0 Å². The SMILES string of the molecule is CC(C)(C)N=C(NN)c1ccc2ncccc2c1. The Bertz CT molecular complexity index is 582. The van der Waals surface area contributed by atoms with Crippen molar-refractivity contribution in [3.63, 3.8) is 0 Å². The Morgan fingerprint density at radius 2 is 2.06 bits per heavy atom. The summed E-state index contributed by atoms with van der Waals surface area (Å²) in [4.78, 5) is 8.86. The largest absolute Gasteiger partial charge is 0.308 e. The Morgan fingerprint density at radius 1 is 1.28 bits per heavy atom. The normalized spacial score (nSPS) is 12.8. The van der Waals surface area contributed by atoms with Crippen molar-refractivity contribution in [1.82, 2.24) is 10.4 Å². The maximum atomic E-state index is 5.56. The summed E-state index contributed by atoms with van der Waals surface area (Å²) < 4.78 is 0. The van der Waals surface area contributed by atoms with Crippen molar-refractivity contribution in [2.45, 2.75) is 26.3 Å². The van der Waals surface area contributed by atoms with Crippen LogP contribution < -0.4 is 11.3 Å². The highest BCUT2D eigenvalue weighted by molar-refractivity contribution is 6.01. The maximum absolute atomic E-state index is 5.56. The summed E-state index contributed by atoms with van der Waals surface area (Å²) in [6, 6.07) is 9.92. The number of nitrogens with zero attached hydrogens (tertiary/aromatic N) is 2. The summed E-state index contributed by atoms with van der Waals surface area (Å²) in [5.74, 6) is 6.25. The number of hydrogen-bond acceptors (Lipinski definition) is 3. The van der Waals surface area contributed by atoms with Gasteiger partial charge in [0.15, 0.2) is 0 Å². The van der Waals surface area contributed by atoms with Gasteiger partial charge in [-0.25, -0.2) is 5.84 Å². The number of rotatable bonds is 1. The molecule has 0 radical (unpaired) electrons. The van der Waals surface area contributed by atoms with Crippen LogP contribution in [0, 0.1) is 0 Å². The summed E-state index contributed by atoms with van der Waals surface area (Å²) >= 11 is 0. The topological polar surface area (TPSA) is 63.3 Å². The molecule has 3 N–H and O–H groups in total. The first-order valence-corrected chi connectivity index (χ1v) is 5.91. The number of hydrogen-bond donors (Lipinski definition) is 2. The van der Waals surface area contributed by atoms with E-state index in [9.17, 15) is 0 Å². The quantitative estimate of drug-likeness (QED) is 0.349. The number of amidine groups is 1. The molecular weight excluding hydrogens is 224 g/mol. The molecule has 0 aliphatic rings. The average Bonchev–Trinajstić information content (AvgIpc) is 2.34. The van der Waals surface area contributed by atoms with E-state index in [4.69, 9.17) is 5.84 Å². The molecule has 1 aromatic carbocycles. The van der Waals surface area contributed by atoms with Crippen molar-refractivity contribution >= 4 is 16.7 Å². The molecule has 1 heterocycles. The molecule has 0 saturated carbocycles. The molecule has 4 nitrogen and oxygen atoms in total. The lowest BCUT2D eigenvalue weighted by molar-refractivity contribution is 0.580. The van der Waals surface area contributed by atoms with Crippen LogP contribution in [0.15, 0.2) is 41.5 Å². The second-order valence-electron chi connectivity index (χ2n) is 5.19. The van der Waals surface area contributed by atoms with Crippen molar-refractivity contribution in [2.24, 2.45) is 10.8 Å². The van der Waals surface area contributed by atoms with Gasteiger partial charge in [0, 0.05) is 17.1 Å². The van der Waals surface area contributed by atoms with E-state index in [1.54, 1.807) is 6.20 Å². The van der Waals surface area contributed by atoms with Crippen molar-refractivity contribution in [1.29, 1.82) is 0 Å². The first-order valence-electron chi connectivity index (χ1n) is 5.91. The standard InChI is InChI=1S/C14H18N4/c1-14(2,3)17-13(18-15)11-6-7-12-10(9-11)5-4-8-16-12/h4-9H,15H2,1-3H3,(H,17,18). The van der Waals surface area contributed by atoms with E-state index in [2.05, 4.69) is 15.4 Å². The molecule has 0 fully saturated rings. The van der Waals surface area contributed by atoms with Crippen LogP contribution in [0.2, 0.25) is 0 Å². The lowest BCUT2D eigenvalue weighted by atomic mass is 10.1. The molecule has 94 valence electrons. The zero-order chi connectivity index (χ0) is 13.2. The second kappa shape index (κ2) is 4.74. The highest BCUT2D eigenvalue weighted by Gasteiger charge is 2.11. The van der Waals surface area contributed by atoms with Gasteiger partial charge in [-0.15, -0.1) is 0 Å². The fourth-order valence-electron chi connectivity index (χ4n) is 1.74. The third-order valence-electron chi connectivity index (χ3n) is 2.46. The molecule has 0 bridgehead atoms. The van der Waals surface area contributed by atoms with Crippen LogP contribution in [0.3, 0.4) is 0 Å². The summed E-state index contributed by atoms with van der Waals surface area (Å²) in [6.45, 7) is 6.10. The van der Waals surface area contributed by atoms with Gasteiger partial charge >= 0.3 is 0 Å². The van der Waals surface area contributed by atoms with Gasteiger partial charge in [-0.3, -0.25) is 9.98 Å². The van der Waals surface area contributed by atoms with Gasteiger partial charge in [0.25, 0.3) is 0 Å². The number of pyridine rings is 1. The lowest BCUT2D eigenvalue weighted by Gasteiger charge is -2.16. The number of hydrazine groups is 1. The number of nitrogens with one attached hydrogen (secondary N) is 1. The van der Waals surface area contributed by atoms with Crippen molar-refractivity contribution in [2.75, 3.05) is 0 Å². The van der Waals surface area contributed by atoms with Crippen LogP contribution >= 0.6 is 0 Å². The molecule has 0 atom stereocenters. The van der Waals surface area contributed by atoms with Crippen molar-refractivity contribution < 1.29 is 0 Å². The molecule has 0 unspecified atom stereocenters. The summed E-state index contributed by atoms with van der Waals surface area (Å²) in [6.07, 6.45) is 1.79. The number of benzene rings is 1. The Kier molecular flexibility index (Phi) is 3.30. The van der Waals surface area contributed by atoms with E-state index in [1.807, 2.05) is 51.1 Å². The Morgan fingerprint density at radius 3 is 2.72 bits per heavy atom. The van der Waals surface area contributed by atoms with Gasteiger partial charge in [0.2, 0.25) is 0 Å². The summed E-state index contributed by atoms with van der Waals surface area (Å²) in [5, 5.41) is 1.08. The highest BCUT2D eigenvalue weighted by atomic mass is 15.3. The Balaban J connectivity index is 2.49. The van der Waals surface area contributed by atoms with Crippen LogP contribution in [0.4, 0.5) is 0 Å². The predicted octanol–water partition coefficient (Wildman–Crippen LogP) is 2.24. The monoisotopic (exact) mass is 242 g/mol. The van der Waals surface area contributed by atoms with E-state index >= 15 is 0 Å². The molecule has 0 amide bonds. The number of aromatic nitrogens is 1. The third kappa shape index (κ3) is 2.84. The lowest BCUT2D eigenvalue weighted by Crippen LogP contribution is -2.33. The smallest absolute Gasteiger partial charge is 0.143 e. The fourth-order valence-corrected chi connectivity index (χ4v) is 1.74. The van der Waals surface area contributed by atoms with E-state index < -0.39 is 0 Å². The molecule has 0 spiro atoms. The van der Waals surface area contributed by atoms with Crippen LogP contribution in [-0.2, 0) is 0 Å². The van der Waals surface area contributed by atoms with Crippen LogP contribution in [-0.4, -0.2) is 16.4 Å². The van der Waals surface area contributed by atoms with Gasteiger partial charge in [-0.05, 0) is 45.0 Å². The minimum Gasteiger partial charge on any atom is -0.308 e. The molecule has 0 saturated heterocycles. The Labute approximate surface area is 107 Å². The van der Waals surface area contributed by atoms with E-state index in [0.717, 1.165) is 16.5 Å². The molecule has 2 aromatic rings. The minimum absolute atomic E-state index is 0.175. The number of aliphatic imine (C=N–C) groups is 1. The predicted molar refractivity (Wildman–Crippen MR) is 75.4 cm³/mol. The molecular formula is C14H18N4. The van der Waals surface area contributed by atoms with Gasteiger partial charge < -0.3 is 5.43 Å².